The molecule has 1 fully saturated rings. The molecule has 2 heterocycles. The van der Waals surface area contributed by atoms with E-state index < -0.39 is 0 Å². The summed E-state index contributed by atoms with van der Waals surface area (Å²) >= 11 is 0. The number of aryl methyl sites for hydroxylation is 1. The molecule has 1 aliphatic heterocycles. The van der Waals surface area contributed by atoms with Gasteiger partial charge in [-0.3, -0.25) is 4.79 Å². The lowest BCUT2D eigenvalue weighted by Gasteiger charge is -2.31. The second-order valence-corrected chi connectivity index (χ2v) is 7.22. The zero-order valence-corrected chi connectivity index (χ0v) is 16.9. The number of carbonyl (C=O) groups is 2. The van der Waals surface area contributed by atoms with E-state index in [1.807, 2.05) is 57.2 Å². The molecule has 2 aromatic rings. The van der Waals surface area contributed by atoms with E-state index in [0.29, 0.717) is 26.2 Å². The molecule has 0 radical (unpaired) electrons. The highest BCUT2D eigenvalue weighted by Gasteiger charge is 2.24. The summed E-state index contributed by atoms with van der Waals surface area (Å²) in [5.74, 6) is 0.100. The van der Waals surface area contributed by atoms with Gasteiger partial charge in [0, 0.05) is 41.8 Å². The van der Waals surface area contributed by atoms with Gasteiger partial charge in [-0.2, -0.15) is 0 Å². The minimum absolute atomic E-state index is 0.100. The topological polar surface area (TPSA) is 63.6 Å². The van der Waals surface area contributed by atoms with Crippen molar-refractivity contribution in [3.63, 3.8) is 0 Å². The number of ketones is 1. The SMILES string of the molecule is CCOC(=O)N1CCC(NCC(=O)c2cc(C)n(-c3ccccc3)c2C)CC1. The first-order chi connectivity index (χ1) is 13.5. The molecule has 1 saturated heterocycles. The van der Waals surface area contributed by atoms with E-state index in [1.165, 1.54) is 0 Å². The van der Waals surface area contributed by atoms with E-state index >= 15 is 0 Å². The number of nitrogens with zero attached hydrogens (tertiary/aromatic N) is 2. The fraction of sp³-hybridized carbons (Fsp3) is 0.455. The van der Waals surface area contributed by atoms with Gasteiger partial charge in [-0.05, 0) is 51.8 Å². The summed E-state index contributed by atoms with van der Waals surface area (Å²) in [6, 6.07) is 12.3. The zero-order valence-electron chi connectivity index (χ0n) is 16.9. The van der Waals surface area contributed by atoms with Gasteiger partial charge >= 0.3 is 6.09 Å². The van der Waals surface area contributed by atoms with Crippen LogP contribution in [0.15, 0.2) is 36.4 Å². The van der Waals surface area contributed by atoms with E-state index in [2.05, 4.69) is 9.88 Å². The van der Waals surface area contributed by atoms with E-state index in [4.69, 9.17) is 4.74 Å². The van der Waals surface area contributed by atoms with Crippen molar-refractivity contribution < 1.29 is 14.3 Å². The lowest BCUT2D eigenvalue weighted by molar-refractivity contribution is 0.0913. The number of para-hydroxylation sites is 1. The number of rotatable bonds is 6. The van der Waals surface area contributed by atoms with Gasteiger partial charge in [0.25, 0.3) is 0 Å². The number of ether oxygens (including phenoxy) is 1. The Bertz CT molecular complexity index is 821. The normalized spacial score (nSPS) is 14.9. The van der Waals surface area contributed by atoms with Gasteiger partial charge in [0.2, 0.25) is 0 Å². The lowest BCUT2D eigenvalue weighted by Crippen LogP contribution is -2.46. The highest BCUT2D eigenvalue weighted by atomic mass is 16.6. The number of hydrogen-bond donors (Lipinski definition) is 1. The maximum Gasteiger partial charge on any atom is 0.409 e. The van der Waals surface area contributed by atoms with Crippen molar-refractivity contribution in [3.8, 4) is 5.69 Å². The summed E-state index contributed by atoms with van der Waals surface area (Å²) in [5.41, 5.74) is 3.84. The third kappa shape index (κ3) is 4.44. The number of hydrogen-bond acceptors (Lipinski definition) is 4. The van der Waals surface area contributed by atoms with Gasteiger partial charge in [0.1, 0.15) is 0 Å². The second kappa shape index (κ2) is 9.06. The maximum absolute atomic E-state index is 12.8. The Labute approximate surface area is 166 Å². The van der Waals surface area contributed by atoms with Gasteiger partial charge in [-0.1, -0.05) is 18.2 Å². The zero-order chi connectivity index (χ0) is 20.1. The Balaban J connectivity index is 1.57. The number of Topliss-reactive ketones (excluding diaryl/α,β-unsaturated/α-hetero) is 1. The van der Waals surface area contributed by atoms with Gasteiger partial charge in [-0.25, -0.2) is 4.79 Å². The Morgan fingerprint density at radius 1 is 1.14 bits per heavy atom. The standard InChI is InChI=1S/C22H29N3O3/c1-4-28-22(27)24-12-10-18(11-13-24)23-15-21(26)20-14-16(2)25(17(20)3)19-8-6-5-7-9-19/h5-9,14,18,23H,4,10-13,15H2,1-3H3. The van der Waals surface area contributed by atoms with Crippen LogP contribution in [0.3, 0.4) is 0 Å². The molecular formula is C22H29N3O3. The van der Waals surface area contributed by atoms with Crippen molar-refractivity contribution in [1.82, 2.24) is 14.8 Å². The minimum atomic E-state index is -0.245. The van der Waals surface area contributed by atoms with Crippen LogP contribution in [0.5, 0.6) is 0 Å². The molecule has 1 aromatic heterocycles. The highest BCUT2D eigenvalue weighted by Crippen LogP contribution is 2.21. The molecule has 0 aliphatic carbocycles. The number of piperidine rings is 1. The maximum atomic E-state index is 12.8. The molecular weight excluding hydrogens is 354 g/mol. The van der Waals surface area contributed by atoms with E-state index in [1.54, 1.807) is 4.90 Å². The summed E-state index contributed by atoms with van der Waals surface area (Å²) in [5, 5.41) is 3.37. The van der Waals surface area contributed by atoms with Crippen molar-refractivity contribution in [3.05, 3.63) is 53.3 Å². The van der Waals surface area contributed by atoms with Crippen molar-refractivity contribution >= 4 is 11.9 Å². The molecule has 6 heteroatoms. The Morgan fingerprint density at radius 2 is 1.82 bits per heavy atom. The molecule has 150 valence electrons. The van der Waals surface area contributed by atoms with Crippen LogP contribution in [0.1, 0.15) is 41.5 Å². The van der Waals surface area contributed by atoms with Crippen LogP contribution < -0.4 is 5.32 Å². The molecule has 0 saturated carbocycles. The van der Waals surface area contributed by atoms with Gasteiger partial charge < -0.3 is 19.5 Å². The van der Waals surface area contributed by atoms with Crippen molar-refractivity contribution in [1.29, 1.82) is 0 Å². The molecule has 0 bridgehead atoms. The van der Waals surface area contributed by atoms with Crippen LogP contribution >= 0.6 is 0 Å². The van der Waals surface area contributed by atoms with E-state index in [9.17, 15) is 9.59 Å². The van der Waals surface area contributed by atoms with Gasteiger partial charge in [0.15, 0.2) is 5.78 Å². The summed E-state index contributed by atoms with van der Waals surface area (Å²) in [6.45, 7) is 7.85. The first-order valence-electron chi connectivity index (χ1n) is 9.94. The van der Waals surface area contributed by atoms with Gasteiger partial charge in [-0.15, -0.1) is 0 Å². The Kier molecular flexibility index (Phi) is 6.52. The smallest absolute Gasteiger partial charge is 0.409 e. The number of likely N-dealkylation sites (tertiary alicyclic amines) is 1. The van der Waals surface area contributed by atoms with Crippen LogP contribution in [0.25, 0.3) is 5.69 Å². The quantitative estimate of drug-likeness (QED) is 0.776. The third-order valence-electron chi connectivity index (χ3n) is 5.32. The monoisotopic (exact) mass is 383 g/mol. The van der Waals surface area contributed by atoms with E-state index in [0.717, 1.165) is 35.5 Å². The summed E-state index contributed by atoms with van der Waals surface area (Å²) in [6.07, 6.45) is 1.41. The predicted molar refractivity (Wildman–Crippen MR) is 109 cm³/mol. The fourth-order valence-electron chi connectivity index (χ4n) is 3.83. The molecule has 1 aliphatic rings. The Hall–Kier alpha value is -2.60. The molecule has 0 unspecified atom stereocenters. The molecule has 1 N–H and O–H groups in total. The van der Waals surface area contributed by atoms with Crippen LogP contribution in [-0.2, 0) is 4.74 Å². The van der Waals surface area contributed by atoms with Crippen LogP contribution in [0.4, 0.5) is 4.79 Å². The van der Waals surface area contributed by atoms with Gasteiger partial charge in [0.05, 0.1) is 13.2 Å². The van der Waals surface area contributed by atoms with Crippen molar-refractivity contribution in [2.75, 3.05) is 26.2 Å². The van der Waals surface area contributed by atoms with Crippen LogP contribution in [0.2, 0.25) is 0 Å². The van der Waals surface area contributed by atoms with E-state index in [-0.39, 0.29) is 17.9 Å². The Morgan fingerprint density at radius 3 is 2.46 bits per heavy atom. The molecule has 1 amide bonds. The number of benzene rings is 1. The third-order valence-corrected chi connectivity index (χ3v) is 5.32. The first-order valence-corrected chi connectivity index (χ1v) is 9.94. The number of carbonyl (C=O) groups excluding carboxylic acids is 2. The number of nitrogens with one attached hydrogen (secondary N) is 1. The largest absolute Gasteiger partial charge is 0.450 e. The number of aromatic nitrogens is 1. The van der Waals surface area contributed by atoms with Crippen LogP contribution in [-0.4, -0.2) is 53.6 Å². The summed E-state index contributed by atoms with van der Waals surface area (Å²) in [7, 11) is 0. The first kappa shape index (κ1) is 20.1. The molecule has 0 spiro atoms. The highest BCUT2D eigenvalue weighted by molar-refractivity contribution is 5.99. The minimum Gasteiger partial charge on any atom is -0.450 e. The summed E-state index contributed by atoms with van der Waals surface area (Å²) in [4.78, 5) is 26.3. The molecule has 28 heavy (non-hydrogen) atoms. The van der Waals surface area contributed by atoms with Crippen LogP contribution in [0, 0.1) is 13.8 Å². The fourth-order valence-corrected chi connectivity index (χ4v) is 3.83. The molecule has 6 nitrogen and oxygen atoms in total. The average molecular weight is 383 g/mol. The molecule has 3 rings (SSSR count). The molecule has 1 aromatic carbocycles. The van der Waals surface area contributed by atoms with Crippen molar-refractivity contribution in [2.24, 2.45) is 0 Å². The second-order valence-electron chi connectivity index (χ2n) is 7.22. The molecule has 0 atom stereocenters. The predicted octanol–water partition coefficient (Wildman–Crippen LogP) is 3.49. The van der Waals surface area contributed by atoms with Crippen molar-refractivity contribution in [2.45, 2.75) is 39.7 Å². The summed E-state index contributed by atoms with van der Waals surface area (Å²) < 4.78 is 7.16. The lowest BCUT2D eigenvalue weighted by atomic mass is 10.0. The number of amides is 1. The average Bonchev–Trinajstić information content (AvgIpc) is 3.01.